The number of hydrogen-bond acceptors (Lipinski definition) is 3. The van der Waals surface area contributed by atoms with Gasteiger partial charge in [-0.25, -0.2) is 9.48 Å². The smallest absolute Gasteiger partial charge is 0.328 e. The number of benzene rings is 1. The SMILES string of the molecule is O=C(O)/C=C/C(=O)Nc1cccc(Cl)c1-n1cccn1. The normalized spacial score (nSPS) is 10.7. The van der Waals surface area contributed by atoms with Gasteiger partial charge in [-0.1, -0.05) is 17.7 Å². The number of hydrogen-bond donors (Lipinski definition) is 2. The molecule has 0 atom stereocenters. The van der Waals surface area contributed by atoms with Crippen LogP contribution in [0.3, 0.4) is 0 Å². The molecule has 0 bridgehead atoms. The summed E-state index contributed by atoms with van der Waals surface area (Å²) in [6.07, 6.45) is 4.95. The van der Waals surface area contributed by atoms with E-state index in [9.17, 15) is 9.59 Å². The molecule has 1 aromatic carbocycles. The molecule has 1 heterocycles. The van der Waals surface area contributed by atoms with Crippen molar-refractivity contribution in [2.45, 2.75) is 0 Å². The largest absolute Gasteiger partial charge is 0.478 e. The van der Waals surface area contributed by atoms with Crippen LogP contribution in [0.5, 0.6) is 0 Å². The van der Waals surface area contributed by atoms with E-state index in [2.05, 4.69) is 10.4 Å². The van der Waals surface area contributed by atoms with E-state index in [-0.39, 0.29) is 0 Å². The highest BCUT2D eigenvalue weighted by atomic mass is 35.5. The summed E-state index contributed by atoms with van der Waals surface area (Å²) in [5, 5.41) is 15.5. The number of anilines is 1. The minimum atomic E-state index is -1.20. The summed E-state index contributed by atoms with van der Waals surface area (Å²) >= 11 is 6.11. The van der Waals surface area contributed by atoms with Crippen molar-refractivity contribution in [3.63, 3.8) is 0 Å². The lowest BCUT2D eigenvalue weighted by atomic mass is 10.2. The molecule has 0 aliphatic rings. The van der Waals surface area contributed by atoms with Crippen molar-refractivity contribution in [2.24, 2.45) is 0 Å². The minimum absolute atomic E-state index is 0.411. The van der Waals surface area contributed by atoms with E-state index >= 15 is 0 Å². The van der Waals surface area contributed by atoms with Gasteiger partial charge < -0.3 is 10.4 Å². The summed E-state index contributed by atoms with van der Waals surface area (Å²) in [6.45, 7) is 0. The van der Waals surface area contributed by atoms with E-state index in [0.717, 1.165) is 12.2 Å². The van der Waals surface area contributed by atoms with Crippen LogP contribution in [0.4, 0.5) is 5.69 Å². The lowest BCUT2D eigenvalue weighted by molar-refractivity contribution is -0.131. The molecule has 0 fully saturated rings. The molecule has 0 aliphatic heterocycles. The second-order valence-corrected chi connectivity index (χ2v) is 4.15. The van der Waals surface area contributed by atoms with Gasteiger partial charge in [0, 0.05) is 24.5 Å². The van der Waals surface area contributed by atoms with Crippen LogP contribution >= 0.6 is 11.6 Å². The van der Waals surface area contributed by atoms with Gasteiger partial charge in [0.2, 0.25) is 5.91 Å². The van der Waals surface area contributed by atoms with Crippen LogP contribution in [0, 0.1) is 0 Å². The van der Waals surface area contributed by atoms with Crippen LogP contribution in [0.25, 0.3) is 5.69 Å². The Labute approximate surface area is 119 Å². The maximum Gasteiger partial charge on any atom is 0.328 e. The number of carbonyl (C=O) groups is 2. The molecule has 2 aromatic rings. The van der Waals surface area contributed by atoms with Crippen molar-refractivity contribution >= 4 is 29.2 Å². The first-order valence-electron chi connectivity index (χ1n) is 5.58. The van der Waals surface area contributed by atoms with E-state index in [1.165, 1.54) is 4.68 Å². The lowest BCUT2D eigenvalue weighted by Crippen LogP contribution is -2.11. The van der Waals surface area contributed by atoms with Crippen LogP contribution in [0.15, 0.2) is 48.8 Å². The van der Waals surface area contributed by atoms with Crippen molar-refractivity contribution < 1.29 is 14.7 Å². The van der Waals surface area contributed by atoms with Crippen LogP contribution < -0.4 is 5.32 Å². The molecule has 2 N–H and O–H groups in total. The molecule has 6 nitrogen and oxygen atoms in total. The third-order valence-corrected chi connectivity index (χ3v) is 2.66. The second kappa shape index (κ2) is 6.03. The molecule has 0 saturated carbocycles. The molecule has 2 rings (SSSR count). The monoisotopic (exact) mass is 291 g/mol. The number of carbonyl (C=O) groups excluding carboxylic acids is 1. The quantitative estimate of drug-likeness (QED) is 0.845. The Balaban J connectivity index is 2.31. The molecule has 1 amide bonds. The van der Waals surface area contributed by atoms with Crippen LogP contribution in [-0.2, 0) is 9.59 Å². The Hall–Kier alpha value is -2.60. The fraction of sp³-hybridized carbons (Fsp3) is 0. The number of carboxylic acids is 1. The Morgan fingerprint density at radius 1 is 1.30 bits per heavy atom. The highest BCUT2D eigenvalue weighted by Crippen LogP contribution is 2.27. The van der Waals surface area contributed by atoms with Crippen molar-refractivity contribution in [2.75, 3.05) is 5.32 Å². The second-order valence-electron chi connectivity index (χ2n) is 3.75. The fourth-order valence-corrected chi connectivity index (χ4v) is 1.83. The standard InChI is InChI=1S/C13H10ClN3O3/c14-9-3-1-4-10(13(9)17-8-2-7-15-17)16-11(18)5-6-12(19)20/h1-8H,(H,16,18)(H,19,20)/b6-5+. The number of aromatic nitrogens is 2. The molecule has 0 spiro atoms. The van der Waals surface area contributed by atoms with Gasteiger partial charge in [-0.3, -0.25) is 4.79 Å². The van der Waals surface area contributed by atoms with Crippen molar-refractivity contribution in [3.8, 4) is 5.69 Å². The Morgan fingerprint density at radius 3 is 2.75 bits per heavy atom. The van der Waals surface area contributed by atoms with Gasteiger partial charge in [-0.2, -0.15) is 5.10 Å². The van der Waals surface area contributed by atoms with E-state index in [0.29, 0.717) is 16.4 Å². The van der Waals surface area contributed by atoms with Crippen LogP contribution in [0.1, 0.15) is 0 Å². The predicted molar refractivity (Wildman–Crippen MR) is 74.0 cm³/mol. The number of rotatable bonds is 4. The van der Waals surface area contributed by atoms with Crippen molar-refractivity contribution in [1.29, 1.82) is 0 Å². The molecular formula is C13H10ClN3O3. The number of halogens is 1. The van der Waals surface area contributed by atoms with Gasteiger partial charge >= 0.3 is 5.97 Å². The lowest BCUT2D eigenvalue weighted by Gasteiger charge is -2.11. The third kappa shape index (κ3) is 3.24. The Bertz CT molecular complexity index is 666. The summed E-state index contributed by atoms with van der Waals surface area (Å²) in [7, 11) is 0. The Morgan fingerprint density at radius 2 is 2.10 bits per heavy atom. The molecule has 102 valence electrons. The first kappa shape index (κ1) is 13.8. The van der Waals surface area contributed by atoms with E-state index in [1.807, 2.05) is 0 Å². The highest BCUT2D eigenvalue weighted by molar-refractivity contribution is 6.33. The highest BCUT2D eigenvalue weighted by Gasteiger charge is 2.11. The summed E-state index contributed by atoms with van der Waals surface area (Å²) in [5.41, 5.74) is 0.942. The average Bonchev–Trinajstić information content (AvgIpc) is 2.90. The van der Waals surface area contributed by atoms with Gasteiger partial charge in [0.25, 0.3) is 0 Å². The molecule has 0 saturated heterocycles. The molecule has 20 heavy (non-hydrogen) atoms. The van der Waals surface area contributed by atoms with Gasteiger partial charge in [0.1, 0.15) is 5.69 Å². The predicted octanol–water partition coefficient (Wildman–Crippen LogP) is 2.10. The summed E-state index contributed by atoms with van der Waals surface area (Å²) in [5.74, 6) is -1.76. The van der Waals surface area contributed by atoms with Gasteiger partial charge in [0.05, 0.1) is 10.7 Å². The summed E-state index contributed by atoms with van der Waals surface area (Å²) in [6, 6.07) is 6.71. The summed E-state index contributed by atoms with van der Waals surface area (Å²) in [4.78, 5) is 22.0. The van der Waals surface area contributed by atoms with E-state index < -0.39 is 11.9 Å². The zero-order chi connectivity index (χ0) is 14.5. The number of aliphatic carboxylic acids is 1. The minimum Gasteiger partial charge on any atom is -0.478 e. The van der Waals surface area contributed by atoms with Gasteiger partial charge in [-0.15, -0.1) is 0 Å². The maximum absolute atomic E-state index is 11.6. The number of amides is 1. The van der Waals surface area contributed by atoms with Crippen LogP contribution in [0.2, 0.25) is 5.02 Å². The first-order chi connectivity index (χ1) is 9.58. The molecule has 0 radical (unpaired) electrons. The average molecular weight is 292 g/mol. The fourth-order valence-electron chi connectivity index (χ4n) is 1.57. The first-order valence-corrected chi connectivity index (χ1v) is 5.96. The number of para-hydroxylation sites is 1. The summed E-state index contributed by atoms with van der Waals surface area (Å²) < 4.78 is 1.51. The molecule has 1 aromatic heterocycles. The zero-order valence-electron chi connectivity index (χ0n) is 10.2. The van der Waals surface area contributed by atoms with Gasteiger partial charge in [-0.05, 0) is 18.2 Å². The van der Waals surface area contributed by atoms with Crippen LogP contribution in [-0.4, -0.2) is 26.8 Å². The molecule has 0 unspecified atom stereocenters. The Kier molecular flexibility index (Phi) is 4.17. The molecule has 7 heteroatoms. The third-order valence-electron chi connectivity index (χ3n) is 2.36. The van der Waals surface area contributed by atoms with E-state index in [4.69, 9.17) is 16.7 Å². The maximum atomic E-state index is 11.6. The van der Waals surface area contributed by atoms with Gasteiger partial charge in [0.15, 0.2) is 0 Å². The number of nitrogens with zero attached hydrogens (tertiary/aromatic N) is 2. The van der Waals surface area contributed by atoms with Crippen molar-refractivity contribution in [1.82, 2.24) is 9.78 Å². The zero-order valence-corrected chi connectivity index (χ0v) is 10.9. The topological polar surface area (TPSA) is 84.2 Å². The molecule has 0 aliphatic carbocycles. The number of carboxylic acid groups (broad SMARTS) is 1. The number of nitrogens with one attached hydrogen (secondary N) is 1. The van der Waals surface area contributed by atoms with E-state index in [1.54, 1.807) is 36.7 Å². The van der Waals surface area contributed by atoms with Crippen molar-refractivity contribution in [3.05, 3.63) is 53.8 Å². The molecular weight excluding hydrogens is 282 g/mol.